The fourth-order valence-corrected chi connectivity index (χ4v) is 2.51. The molecule has 5 nitrogen and oxygen atoms in total. The molecule has 1 fully saturated rings. The average molecular weight is 256 g/mol. The van der Waals surface area contributed by atoms with Gasteiger partial charge in [-0.05, 0) is 32.7 Å². The summed E-state index contributed by atoms with van der Waals surface area (Å²) < 4.78 is 0. The van der Waals surface area contributed by atoms with Crippen molar-refractivity contribution in [2.24, 2.45) is 5.92 Å². The van der Waals surface area contributed by atoms with E-state index in [1.807, 2.05) is 25.7 Å². The molecule has 1 rings (SSSR count). The summed E-state index contributed by atoms with van der Waals surface area (Å²) in [5, 5.41) is 12.0. The van der Waals surface area contributed by atoms with Gasteiger partial charge in [0.15, 0.2) is 0 Å². The molecule has 1 aliphatic rings. The second-order valence-electron chi connectivity index (χ2n) is 5.03. The van der Waals surface area contributed by atoms with Crippen LogP contribution >= 0.6 is 0 Å². The molecule has 18 heavy (non-hydrogen) atoms. The minimum atomic E-state index is -0.759. The first kappa shape index (κ1) is 15.0. The van der Waals surface area contributed by atoms with E-state index in [1.54, 1.807) is 0 Å². The van der Waals surface area contributed by atoms with Gasteiger partial charge >= 0.3 is 5.97 Å². The predicted octanol–water partition coefficient (Wildman–Crippen LogP) is 1.09. The first-order chi connectivity index (χ1) is 8.49. The van der Waals surface area contributed by atoms with Gasteiger partial charge in [0.2, 0.25) is 5.91 Å². The molecule has 1 heterocycles. The average Bonchev–Trinajstić information content (AvgIpc) is 2.68. The largest absolute Gasteiger partial charge is 0.481 e. The van der Waals surface area contributed by atoms with Crippen molar-refractivity contribution in [3.63, 3.8) is 0 Å². The molecule has 1 saturated heterocycles. The second-order valence-corrected chi connectivity index (χ2v) is 5.03. The van der Waals surface area contributed by atoms with Gasteiger partial charge in [0, 0.05) is 12.1 Å². The molecule has 0 bridgehead atoms. The van der Waals surface area contributed by atoms with Crippen LogP contribution in [0.15, 0.2) is 0 Å². The highest BCUT2D eigenvalue weighted by Crippen LogP contribution is 2.23. The van der Waals surface area contributed by atoms with Crippen LogP contribution in [-0.4, -0.2) is 47.1 Å². The summed E-state index contributed by atoms with van der Waals surface area (Å²) in [6, 6.07) is 0.167. The lowest BCUT2D eigenvalue weighted by Gasteiger charge is -2.23. The Kier molecular flexibility index (Phi) is 5.59. The van der Waals surface area contributed by atoms with E-state index in [9.17, 15) is 9.59 Å². The smallest absolute Gasteiger partial charge is 0.308 e. The number of aliphatic carboxylic acids is 1. The number of nitrogens with one attached hydrogen (secondary N) is 1. The summed E-state index contributed by atoms with van der Waals surface area (Å²) in [5.74, 6) is -1.10. The van der Waals surface area contributed by atoms with Crippen molar-refractivity contribution in [2.75, 3.05) is 13.1 Å². The van der Waals surface area contributed by atoms with Gasteiger partial charge in [-0.2, -0.15) is 0 Å². The van der Waals surface area contributed by atoms with E-state index < -0.39 is 5.97 Å². The molecule has 0 aliphatic carbocycles. The number of rotatable bonds is 6. The van der Waals surface area contributed by atoms with E-state index in [2.05, 4.69) is 5.32 Å². The van der Waals surface area contributed by atoms with Crippen LogP contribution in [0.3, 0.4) is 0 Å². The Bertz CT molecular complexity index is 303. The zero-order valence-corrected chi connectivity index (χ0v) is 11.5. The highest BCUT2D eigenvalue weighted by Gasteiger charge is 2.36. The van der Waals surface area contributed by atoms with E-state index >= 15 is 0 Å². The normalized spacial score (nSPS) is 24.4. The van der Waals surface area contributed by atoms with Crippen molar-refractivity contribution in [2.45, 2.75) is 52.1 Å². The number of carboxylic acid groups (broad SMARTS) is 1. The van der Waals surface area contributed by atoms with E-state index in [0.29, 0.717) is 19.5 Å². The van der Waals surface area contributed by atoms with Gasteiger partial charge in [-0.1, -0.05) is 13.8 Å². The maximum absolute atomic E-state index is 11.8. The van der Waals surface area contributed by atoms with Crippen LogP contribution in [0, 0.1) is 5.92 Å². The van der Waals surface area contributed by atoms with Gasteiger partial charge in [-0.15, -0.1) is 0 Å². The molecule has 2 unspecified atom stereocenters. The molecule has 0 spiro atoms. The van der Waals surface area contributed by atoms with Crippen LogP contribution in [-0.2, 0) is 9.59 Å². The van der Waals surface area contributed by atoms with Crippen LogP contribution in [0.1, 0.15) is 40.0 Å². The number of hydrogen-bond acceptors (Lipinski definition) is 3. The molecule has 1 aliphatic heterocycles. The molecule has 0 aromatic carbocycles. The quantitative estimate of drug-likeness (QED) is 0.746. The Morgan fingerprint density at radius 1 is 1.39 bits per heavy atom. The van der Waals surface area contributed by atoms with E-state index in [0.717, 1.165) is 12.8 Å². The lowest BCUT2D eigenvalue weighted by Crippen LogP contribution is -2.44. The number of carbonyl (C=O) groups is 2. The Balaban J connectivity index is 2.44. The van der Waals surface area contributed by atoms with Crippen LogP contribution in [0.4, 0.5) is 0 Å². The SMILES string of the molecule is CCC(CC)NC(=O)CN1CCC(C(=O)O)C1C. The third kappa shape index (κ3) is 3.70. The van der Waals surface area contributed by atoms with Crippen LogP contribution in [0.2, 0.25) is 0 Å². The van der Waals surface area contributed by atoms with Crippen LogP contribution in [0.5, 0.6) is 0 Å². The van der Waals surface area contributed by atoms with Crippen molar-refractivity contribution in [1.29, 1.82) is 0 Å². The third-order valence-corrected chi connectivity index (χ3v) is 3.90. The van der Waals surface area contributed by atoms with E-state index in [-0.39, 0.29) is 23.9 Å². The Hall–Kier alpha value is -1.10. The highest BCUT2D eigenvalue weighted by molar-refractivity contribution is 5.78. The number of nitrogens with zero attached hydrogens (tertiary/aromatic N) is 1. The summed E-state index contributed by atoms with van der Waals surface area (Å²) in [4.78, 5) is 24.8. The summed E-state index contributed by atoms with van der Waals surface area (Å²) in [5.41, 5.74) is 0. The van der Waals surface area contributed by atoms with Crippen molar-refractivity contribution in [3.05, 3.63) is 0 Å². The summed E-state index contributed by atoms with van der Waals surface area (Å²) in [6.45, 7) is 6.98. The second kappa shape index (κ2) is 6.73. The molecule has 0 aromatic rings. The van der Waals surface area contributed by atoms with Gasteiger partial charge in [-0.25, -0.2) is 0 Å². The van der Waals surface area contributed by atoms with Gasteiger partial charge in [0.1, 0.15) is 0 Å². The number of hydrogen-bond donors (Lipinski definition) is 2. The fourth-order valence-electron chi connectivity index (χ4n) is 2.51. The molecule has 104 valence electrons. The fraction of sp³-hybridized carbons (Fsp3) is 0.846. The summed E-state index contributed by atoms with van der Waals surface area (Å²) >= 11 is 0. The lowest BCUT2D eigenvalue weighted by molar-refractivity contribution is -0.142. The number of amides is 1. The molecule has 2 atom stereocenters. The zero-order valence-electron chi connectivity index (χ0n) is 11.5. The monoisotopic (exact) mass is 256 g/mol. The van der Waals surface area contributed by atoms with Crippen molar-refractivity contribution >= 4 is 11.9 Å². The standard InChI is InChI=1S/C13H24N2O3/c1-4-10(5-2)14-12(16)8-15-7-6-11(9(15)3)13(17)18/h9-11H,4-8H2,1-3H3,(H,14,16)(H,17,18). The predicted molar refractivity (Wildman–Crippen MR) is 69.3 cm³/mol. The Morgan fingerprint density at radius 3 is 2.44 bits per heavy atom. The summed E-state index contributed by atoms with van der Waals surface area (Å²) in [6.07, 6.45) is 2.49. The van der Waals surface area contributed by atoms with E-state index in [4.69, 9.17) is 5.11 Å². The van der Waals surface area contributed by atoms with Crippen molar-refractivity contribution < 1.29 is 14.7 Å². The van der Waals surface area contributed by atoms with Gasteiger partial charge < -0.3 is 10.4 Å². The third-order valence-electron chi connectivity index (χ3n) is 3.90. The Labute approximate surface area is 109 Å². The maximum atomic E-state index is 11.8. The number of likely N-dealkylation sites (tertiary alicyclic amines) is 1. The maximum Gasteiger partial charge on any atom is 0.308 e. The van der Waals surface area contributed by atoms with Gasteiger partial charge in [-0.3, -0.25) is 14.5 Å². The molecule has 0 saturated carbocycles. The molecule has 5 heteroatoms. The topological polar surface area (TPSA) is 69.6 Å². The minimum absolute atomic E-state index is 0.00147. The van der Waals surface area contributed by atoms with Gasteiger partial charge in [0.05, 0.1) is 12.5 Å². The molecular weight excluding hydrogens is 232 g/mol. The lowest BCUT2D eigenvalue weighted by atomic mass is 10.0. The molecule has 2 N–H and O–H groups in total. The molecule has 0 aromatic heterocycles. The van der Waals surface area contributed by atoms with E-state index in [1.165, 1.54) is 0 Å². The minimum Gasteiger partial charge on any atom is -0.481 e. The van der Waals surface area contributed by atoms with Gasteiger partial charge in [0.25, 0.3) is 0 Å². The zero-order chi connectivity index (χ0) is 13.7. The van der Waals surface area contributed by atoms with Crippen LogP contribution < -0.4 is 5.32 Å². The first-order valence-electron chi connectivity index (χ1n) is 6.75. The Morgan fingerprint density at radius 2 is 2.00 bits per heavy atom. The molecule has 1 amide bonds. The highest BCUT2D eigenvalue weighted by atomic mass is 16.4. The first-order valence-corrected chi connectivity index (χ1v) is 6.75. The molecule has 0 radical (unpaired) electrons. The van der Waals surface area contributed by atoms with Crippen molar-refractivity contribution in [3.8, 4) is 0 Å². The van der Waals surface area contributed by atoms with Crippen LogP contribution in [0.25, 0.3) is 0 Å². The molecular formula is C13H24N2O3. The summed E-state index contributed by atoms with van der Waals surface area (Å²) in [7, 11) is 0. The number of carbonyl (C=O) groups excluding carboxylic acids is 1. The number of carboxylic acids is 1. The van der Waals surface area contributed by atoms with Crippen molar-refractivity contribution in [1.82, 2.24) is 10.2 Å².